The molecule has 0 fully saturated rings. The van der Waals surface area contributed by atoms with Gasteiger partial charge in [-0.1, -0.05) is 48.5 Å². The Labute approximate surface area is 154 Å². The molecule has 0 aliphatic carbocycles. The molecule has 2 rings (SSSR count). The van der Waals surface area contributed by atoms with Crippen LogP contribution in [-0.2, 0) is 16.0 Å². The fourth-order valence-corrected chi connectivity index (χ4v) is 2.60. The Morgan fingerprint density at radius 3 is 2.23 bits per heavy atom. The molecular formula is C21H25NO4. The molecule has 5 heteroatoms. The Bertz CT molecular complexity index is 775. The van der Waals surface area contributed by atoms with Gasteiger partial charge in [0.05, 0.1) is 0 Å². The zero-order chi connectivity index (χ0) is 19.3. The molecule has 0 radical (unpaired) electrons. The molecule has 26 heavy (non-hydrogen) atoms. The molecule has 0 unspecified atom stereocenters. The maximum atomic E-state index is 11.8. The fourth-order valence-electron chi connectivity index (χ4n) is 2.60. The highest BCUT2D eigenvalue weighted by Crippen LogP contribution is 2.23. The second-order valence-corrected chi connectivity index (χ2v) is 7.25. The van der Waals surface area contributed by atoms with Crippen LogP contribution in [-0.4, -0.2) is 28.8 Å². The first kappa shape index (κ1) is 19.5. The number of aliphatic carboxylic acids is 1. The second kappa shape index (κ2) is 8.04. The summed E-state index contributed by atoms with van der Waals surface area (Å²) in [5.41, 5.74) is 3.53. The van der Waals surface area contributed by atoms with Crippen LogP contribution in [0.1, 0.15) is 31.9 Å². The molecule has 5 nitrogen and oxygen atoms in total. The minimum atomic E-state index is -1.10. The predicted molar refractivity (Wildman–Crippen MR) is 101 cm³/mol. The van der Waals surface area contributed by atoms with E-state index in [2.05, 4.69) is 24.4 Å². The molecule has 0 heterocycles. The molecule has 2 aromatic carbocycles. The van der Waals surface area contributed by atoms with Crippen LogP contribution in [0, 0.1) is 6.92 Å². The third kappa shape index (κ3) is 5.62. The van der Waals surface area contributed by atoms with Gasteiger partial charge in [-0.2, -0.15) is 0 Å². The summed E-state index contributed by atoms with van der Waals surface area (Å²) >= 11 is 0. The van der Waals surface area contributed by atoms with Crippen molar-refractivity contribution in [2.45, 2.75) is 45.8 Å². The van der Waals surface area contributed by atoms with Crippen LogP contribution in [0.2, 0.25) is 0 Å². The number of hydrogen-bond acceptors (Lipinski definition) is 3. The first-order valence-corrected chi connectivity index (χ1v) is 8.53. The zero-order valence-electron chi connectivity index (χ0n) is 15.6. The van der Waals surface area contributed by atoms with Crippen molar-refractivity contribution in [3.05, 3.63) is 59.7 Å². The van der Waals surface area contributed by atoms with E-state index in [4.69, 9.17) is 4.74 Å². The van der Waals surface area contributed by atoms with Crippen molar-refractivity contribution in [3.63, 3.8) is 0 Å². The van der Waals surface area contributed by atoms with Crippen LogP contribution in [0.3, 0.4) is 0 Å². The summed E-state index contributed by atoms with van der Waals surface area (Å²) in [6.07, 6.45) is -0.552. The molecule has 0 bridgehead atoms. The van der Waals surface area contributed by atoms with Crippen molar-refractivity contribution in [1.29, 1.82) is 0 Å². The number of rotatable bonds is 5. The van der Waals surface area contributed by atoms with Crippen molar-refractivity contribution in [3.8, 4) is 11.1 Å². The number of benzene rings is 2. The number of aryl methyl sites for hydroxylation is 1. The number of ether oxygens (including phenoxy) is 1. The number of carbonyl (C=O) groups excluding carboxylic acids is 1. The van der Waals surface area contributed by atoms with E-state index in [1.807, 2.05) is 36.4 Å². The summed E-state index contributed by atoms with van der Waals surface area (Å²) in [6, 6.07) is 14.7. The van der Waals surface area contributed by atoms with Crippen LogP contribution in [0.15, 0.2) is 48.5 Å². The Kier molecular flexibility index (Phi) is 6.03. The predicted octanol–water partition coefficient (Wildman–Crippen LogP) is 4.18. The molecule has 1 amide bonds. The third-order valence-electron chi connectivity index (χ3n) is 3.84. The van der Waals surface area contributed by atoms with E-state index < -0.39 is 23.7 Å². The lowest BCUT2D eigenvalue weighted by Crippen LogP contribution is -2.44. The smallest absolute Gasteiger partial charge is 0.408 e. The fraction of sp³-hybridized carbons (Fsp3) is 0.333. The van der Waals surface area contributed by atoms with Crippen LogP contribution in [0.5, 0.6) is 0 Å². The summed E-state index contributed by atoms with van der Waals surface area (Å²) in [4.78, 5) is 23.3. The van der Waals surface area contributed by atoms with Crippen molar-refractivity contribution < 1.29 is 19.4 Å². The summed E-state index contributed by atoms with van der Waals surface area (Å²) < 4.78 is 5.13. The number of carboxylic acid groups (broad SMARTS) is 1. The van der Waals surface area contributed by atoms with Gasteiger partial charge in [-0.3, -0.25) is 0 Å². The number of hydrogen-bond donors (Lipinski definition) is 2. The molecule has 0 aromatic heterocycles. The lowest BCUT2D eigenvalue weighted by molar-refractivity contribution is -0.139. The highest BCUT2D eigenvalue weighted by Gasteiger charge is 2.24. The average Bonchev–Trinajstić information content (AvgIpc) is 2.54. The Morgan fingerprint density at radius 1 is 1.08 bits per heavy atom. The quantitative estimate of drug-likeness (QED) is 0.843. The second-order valence-electron chi connectivity index (χ2n) is 7.25. The largest absolute Gasteiger partial charge is 0.480 e. The number of amides is 1. The van der Waals surface area contributed by atoms with E-state index in [0.29, 0.717) is 0 Å². The number of carboxylic acids is 1. The molecule has 138 valence electrons. The minimum absolute atomic E-state index is 0.183. The Morgan fingerprint density at radius 2 is 1.69 bits per heavy atom. The number of nitrogens with one attached hydrogen (secondary N) is 1. The number of carbonyl (C=O) groups is 2. The Hall–Kier alpha value is -2.82. The first-order valence-electron chi connectivity index (χ1n) is 8.53. The molecule has 0 spiro atoms. The standard InChI is InChI=1S/C21H25NO4/c1-14-7-5-6-8-17(14)16-11-9-15(10-12-16)13-18(19(23)24)22-20(25)26-21(2,3)4/h5-12,18H,13H2,1-4H3,(H,22,25)(H,23,24)/t18-/m0/s1. The van der Waals surface area contributed by atoms with Crippen LogP contribution < -0.4 is 5.32 Å². The van der Waals surface area contributed by atoms with Crippen molar-refractivity contribution >= 4 is 12.1 Å². The van der Waals surface area contributed by atoms with Gasteiger partial charge in [-0.05, 0) is 49.9 Å². The van der Waals surface area contributed by atoms with Crippen molar-refractivity contribution in [2.75, 3.05) is 0 Å². The van der Waals surface area contributed by atoms with E-state index >= 15 is 0 Å². The molecule has 0 saturated carbocycles. The van der Waals surface area contributed by atoms with Gasteiger partial charge >= 0.3 is 12.1 Å². The molecule has 0 aliphatic heterocycles. The van der Waals surface area contributed by atoms with E-state index in [-0.39, 0.29) is 6.42 Å². The van der Waals surface area contributed by atoms with E-state index in [1.54, 1.807) is 20.8 Å². The lowest BCUT2D eigenvalue weighted by atomic mass is 9.98. The van der Waals surface area contributed by atoms with Crippen molar-refractivity contribution in [2.24, 2.45) is 0 Å². The maximum Gasteiger partial charge on any atom is 0.408 e. The maximum absolute atomic E-state index is 11.8. The summed E-state index contributed by atoms with van der Waals surface area (Å²) in [5, 5.41) is 11.8. The topological polar surface area (TPSA) is 75.6 Å². The van der Waals surface area contributed by atoms with Gasteiger partial charge in [0.2, 0.25) is 0 Å². The van der Waals surface area contributed by atoms with Crippen LogP contribution >= 0.6 is 0 Å². The highest BCUT2D eigenvalue weighted by molar-refractivity contribution is 5.80. The highest BCUT2D eigenvalue weighted by atomic mass is 16.6. The van der Waals surface area contributed by atoms with Gasteiger partial charge in [-0.15, -0.1) is 0 Å². The molecular weight excluding hydrogens is 330 g/mol. The summed E-state index contributed by atoms with van der Waals surface area (Å²) in [5.74, 6) is -1.10. The van der Waals surface area contributed by atoms with Gasteiger partial charge < -0.3 is 15.2 Å². The first-order chi connectivity index (χ1) is 12.2. The molecule has 2 aromatic rings. The molecule has 0 saturated heterocycles. The number of alkyl carbamates (subject to hydrolysis) is 1. The summed E-state index contributed by atoms with van der Waals surface area (Å²) in [6.45, 7) is 7.24. The third-order valence-corrected chi connectivity index (χ3v) is 3.84. The van der Waals surface area contributed by atoms with E-state index in [9.17, 15) is 14.7 Å². The normalized spacial score (nSPS) is 12.3. The molecule has 0 aliphatic rings. The van der Waals surface area contributed by atoms with E-state index in [0.717, 1.165) is 16.7 Å². The zero-order valence-corrected chi connectivity index (χ0v) is 15.6. The lowest BCUT2D eigenvalue weighted by Gasteiger charge is -2.22. The molecule has 1 atom stereocenters. The minimum Gasteiger partial charge on any atom is -0.480 e. The SMILES string of the molecule is Cc1ccccc1-c1ccc(C[C@H](NC(=O)OC(C)(C)C)C(=O)O)cc1. The summed E-state index contributed by atoms with van der Waals surface area (Å²) in [7, 11) is 0. The van der Waals surface area contributed by atoms with Gasteiger partial charge in [0.15, 0.2) is 0 Å². The van der Waals surface area contributed by atoms with Gasteiger partial charge in [0, 0.05) is 6.42 Å². The molecule has 2 N–H and O–H groups in total. The van der Waals surface area contributed by atoms with Crippen molar-refractivity contribution in [1.82, 2.24) is 5.32 Å². The van der Waals surface area contributed by atoms with Crippen LogP contribution in [0.4, 0.5) is 4.79 Å². The van der Waals surface area contributed by atoms with Crippen LogP contribution in [0.25, 0.3) is 11.1 Å². The van der Waals surface area contributed by atoms with Gasteiger partial charge in [0.25, 0.3) is 0 Å². The Balaban J connectivity index is 2.09. The van der Waals surface area contributed by atoms with Gasteiger partial charge in [-0.25, -0.2) is 9.59 Å². The average molecular weight is 355 g/mol. The van der Waals surface area contributed by atoms with Gasteiger partial charge in [0.1, 0.15) is 11.6 Å². The van der Waals surface area contributed by atoms with E-state index in [1.165, 1.54) is 5.56 Å². The monoisotopic (exact) mass is 355 g/mol.